The molecule has 0 unspecified atom stereocenters. The first-order valence-corrected chi connectivity index (χ1v) is 6.16. The molecule has 1 aliphatic heterocycles. The number of nitro groups is 1. The summed E-state index contributed by atoms with van der Waals surface area (Å²) >= 11 is 0. The maximum absolute atomic E-state index is 11.0. The van der Waals surface area contributed by atoms with Gasteiger partial charge in [-0.15, -0.1) is 0 Å². The van der Waals surface area contributed by atoms with Gasteiger partial charge in [-0.25, -0.2) is 4.98 Å². The molecular weight excluding hydrogens is 250 g/mol. The van der Waals surface area contributed by atoms with Crippen molar-refractivity contribution in [2.45, 2.75) is 25.4 Å². The summed E-state index contributed by atoms with van der Waals surface area (Å²) in [4.78, 5) is 14.5. The molecule has 104 valence electrons. The number of hydrogen-bond acceptors (Lipinski definition) is 6. The van der Waals surface area contributed by atoms with Crippen LogP contribution in [-0.4, -0.2) is 40.4 Å². The smallest absolute Gasteiger partial charge is 0.314 e. The Morgan fingerprint density at radius 1 is 1.58 bits per heavy atom. The van der Waals surface area contributed by atoms with Crippen LogP contribution in [0.15, 0.2) is 12.3 Å². The zero-order chi connectivity index (χ0) is 13.9. The van der Waals surface area contributed by atoms with E-state index >= 15 is 0 Å². The van der Waals surface area contributed by atoms with Crippen molar-refractivity contribution < 1.29 is 14.8 Å². The Balaban J connectivity index is 2.11. The molecule has 0 aliphatic carbocycles. The van der Waals surface area contributed by atoms with Gasteiger partial charge in [0.2, 0.25) is 5.82 Å². The summed E-state index contributed by atoms with van der Waals surface area (Å²) in [5.74, 6) is 0.199. The highest BCUT2D eigenvalue weighted by molar-refractivity contribution is 5.59. The molecule has 1 fully saturated rings. The molecular formula is C12H17N3O4. The molecule has 1 saturated heterocycles. The second kappa shape index (κ2) is 5.50. The molecule has 0 aromatic carbocycles. The minimum absolute atomic E-state index is 0.0434. The molecule has 1 aromatic heterocycles. The minimum Gasteiger partial charge on any atom is -0.388 e. The minimum atomic E-state index is -0.891. The summed E-state index contributed by atoms with van der Waals surface area (Å²) in [6.45, 7) is 2.89. The summed E-state index contributed by atoms with van der Waals surface area (Å²) in [6.07, 6.45) is 2.54. The summed E-state index contributed by atoms with van der Waals surface area (Å²) < 4.78 is 5.19. The van der Waals surface area contributed by atoms with Crippen LogP contribution in [0.3, 0.4) is 0 Å². The Hall–Kier alpha value is -1.73. The van der Waals surface area contributed by atoms with Gasteiger partial charge in [0.25, 0.3) is 0 Å². The van der Waals surface area contributed by atoms with Gasteiger partial charge in [0.15, 0.2) is 0 Å². The van der Waals surface area contributed by atoms with Crippen LogP contribution >= 0.6 is 0 Å². The first-order chi connectivity index (χ1) is 9.02. The number of hydrogen-bond donors (Lipinski definition) is 2. The van der Waals surface area contributed by atoms with Gasteiger partial charge in [-0.3, -0.25) is 10.1 Å². The molecule has 7 heteroatoms. The number of aromatic nitrogens is 1. The van der Waals surface area contributed by atoms with Gasteiger partial charge in [0.1, 0.15) is 0 Å². The van der Waals surface area contributed by atoms with Crippen LogP contribution in [0.4, 0.5) is 11.5 Å². The van der Waals surface area contributed by atoms with Gasteiger partial charge in [0, 0.05) is 44.4 Å². The van der Waals surface area contributed by atoms with Crippen LogP contribution in [0.5, 0.6) is 0 Å². The van der Waals surface area contributed by atoms with Gasteiger partial charge in [-0.05, 0) is 13.0 Å². The highest BCUT2D eigenvalue weighted by atomic mass is 16.6. The second-order valence-electron chi connectivity index (χ2n) is 4.77. The normalized spacial score (nSPS) is 18.0. The standard InChI is InChI=1S/C12H17N3O4/c1-9-2-5-13-11(10(9)15(17)18)14-8-12(16)3-6-19-7-4-12/h2,5,16H,3-4,6-8H2,1H3,(H,13,14). The van der Waals surface area contributed by atoms with E-state index in [2.05, 4.69) is 10.3 Å². The average Bonchev–Trinajstić information content (AvgIpc) is 2.37. The fraction of sp³-hybridized carbons (Fsp3) is 0.583. The van der Waals surface area contributed by atoms with Crippen molar-refractivity contribution in [1.29, 1.82) is 0 Å². The molecule has 0 amide bonds. The van der Waals surface area contributed by atoms with Crippen LogP contribution in [0.1, 0.15) is 18.4 Å². The maximum atomic E-state index is 11.0. The number of anilines is 1. The highest BCUT2D eigenvalue weighted by Crippen LogP contribution is 2.27. The number of aliphatic hydroxyl groups is 1. The zero-order valence-corrected chi connectivity index (χ0v) is 10.8. The monoisotopic (exact) mass is 267 g/mol. The van der Waals surface area contributed by atoms with Crippen LogP contribution in [-0.2, 0) is 4.74 Å². The lowest BCUT2D eigenvalue weighted by Crippen LogP contribution is -2.42. The average molecular weight is 267 g/mol. The highest BCUT2D eigenvalue weighted by Gasteiger charge is 2.30. The van der Waals surface area contributed by atoms with Crippen molar-refractivity contribution in [3.63, 3.8) is 0 Å². The van der Waals surface area contributed by atoms with E-state index in [1.54, 1.807) is 13.0 Å². The van der Waals surface area contributed by atoms with E-state index in [4.69, 9.17) is 4.74 Å². The van der Waals surface area contributed by atoms with E-state index in [9.17, 15) is 15.2 Å². The molecule has 1 aliphatic rings. The first-order valence-electron chi connectivity index (χ1n) is 6.16. The number of nitrogens with one attached hydrogen (secondary N) is 1. The van der Waals surface area contributed by atoms with E-state index in [-0.39, 0.29) is 18.1 Å². The largest absolute Gasteiger partial charge is 0.388 e. The third-order valence-electron chi connectivity index (χ3n) is 3.32. The quantitative estimate of drug-likeness (QED) is 0.629. The third kappa shape index (κ3) is 3.18. The molecule has 0 bridgehead atoms. The van der Waals surface area contributed by atoms with Crippen LogP contribution < -0.4 is 5.32 Å². The van der Waals surface area contributed by atoms with Crippen molar-refractivity contribution in [2.75, 3.05) is 25.1 Å². The Kier molecular flexibility index (Phi) is 3.96. The Bertz CT molecular complexity index is 472. The van der Waals surface area contributed by atoms with Crippen molar-refractivity contribution >= 4 is 11.5 Å². The molecule has 2 N–H and O–H groups in total. The van der Waals surface area contributed by atoms with Crippen LogP contribution in [0, 0.1) is 17.0 Å². The van der Waals surface area contributed by atoms with Gasteiger partial charge in [-0.1, -0.05) is 0 Å². The Labute approximate surface area is 110 Å². The summed E-state index contributed by atoms with van der Waals surface area (Å²) in [6, 6.07) is 1.59. The summed E-state index contributed by atoms with van der Waals surface area (Å²) in [5, 5.41) is 24.2. The number of aryl methyl sites for hydroxylation is 1. The van der Waals surface area contributed by atoms with E-state index in [0.717, 1.165) is 0 Å². The van der Waals surface area contributed by atoms with E-state index in [0.29, 0.717) is 31.6 Å². The SMILES string of the molecule is Cc1ccnc(NCC2(O)CCOCC2)c1[N+](=O)[O-]. The predicted octanol–water partition coefficient (Wildman–Crippen LogP) is 1.25. The fourth-order valence-corrected chi connectivity index (χ4v) is 2.09. The van der Waals surface area contributed by atoms with Crippen molar-refractivity contribution in [3.05, 3.63) is 27.9 Å². The first kappa shape index (κ1) is 13.7. The second-order valence-corrected chi connectivity index (χ2v) is 4.77. The molecule has 2 rings (SSSR count). The summed E-state index contributed by atoms with van der Waals surface area (Å²) in [5.41, 5.74) is -0.392. The van der Waals surface area contributed by atoms with Crippen LogP contribution in [0.25, 0.3) is 0 Å². The molecule has 0 saturated carbocycles. The van der Waals surface area contributed by atoms with Gasteiger partial charge < -0.3 is 15.2 Å². The Morgan fingerprint density at radius 3 is 2.89 bits per heavy atom. The predicted molar refractivity (Wildman–Crippen MR) is 69.1 cm³/mol. The van der Waals surface area contributed by atoms with Gasteiger partial charge >= 0.3 is 5.69 Å². The van der Waals surface area contributed by atoms with Crippen molar-refractivity contribution in [1.82, 2.24) is 4.98 Å². The molecule has 0 atom stereocenters. The third-order valence-corrected chi connectivity index (χ3v) is 3.32. The zero-order valence-electron chi connectivity index (χ0n) is 10.8. The number of nitrogens with zero attached hydrogens (tertiary/aromatic N) is 2. The number of pyridine rings is 1. The van der Waals surface area contributed by atoms with Crippen molar-refractivity contribution in [3.8, 4) is 0 Å². The van der Waals surface area contributed by atoms with E-state index in [1.807, 2.05) is 0 Å². The topological polar surface area (TPSA) is 97.5 Å². The lowest BCUT2D eigenvalue weighted by Gasteiger charge is -2.32. The van der Waals surface area contributed by atoms with Gasteiger partial charge in [0.05, 0.1) is 10.5 Å². The molecule has 0 spiro atoms. The van der Waals surface area contributed by atoms with Crippen molar-refractivity contribution in [2.24, 2.45) is 0 Å². The van der Waals surface area contributed by atoms with E-state index in [1.165, 1.54) is 6.20 Å². The van der Waals surface area contributed by atoms with Crippen LogP contribution in [0.2, 0.25) is 0 Å². The molecule has 2 heterocycles. The lowest BCUT2D eigenvalue weighted by atomic mass is 9.94. The maximum Gasteiger partial charge on any atom is 0.314 e. The molecule has 7 nitrogen and oxygen atoms in total. The lowest BCUT2D eigenvalue weighted by molar-refractivity contribution is -0.384. The summed E-state index contributed by atoms with van der Waals surface area (Å²) in [7, 11) is 0. The molecule has 1 aromatic rings. The number of rotatable bonds is 4. The Morgan fingerprint density at radius 2 is 2.26 bits per heavy atom. The fourth-order valence-electron chi connectivity index (χ4n) is 2.09. The molecule has 0 radical (unpaired) electrons. The van der Waals surface area contributed by atoms with E-state index < -0.39 is 10.5 Å². The number of ether oxygens (including phenoxy) is 1. The molecule has 19 heavy (non-hydrogen) atoms. The van der Waals surface area contributed by atoms with Gasteiger partial charge in [-0.2, -0.15) is 0 Å².